The van der Waals surface area contributed by atoms with Crippen molar-refractivity contribution in [1.82, 2.24) is 15.4 Å². The quantitative estimate of drug-likeness (QED) is 0.471. The molecule has 0 saturated heterocycles. The third-order valence-electron chi connectivity index (χ3n) is 2.45. The molecule has 2 rings (SSSR count). The van der Waals surface area contributed by atoms with Gasteiger partial charge in [0.25, 0.3) is 5.91 Å². The molecule has 6 heteroatoms. The Balaban J connectivity index is 1.95. The summed E-state index contributed by atoms with van der Waals surface area (Å²) in [6, 6.07) is 5.21. The molecule has 0 radical (unpaired) electrons. The minimum atomic E-state index is -0.312. The molecule has 0 bridgehead atoms. The number of imidazole rings is 1. The normalized spacial score (nSPS) is 10.4. The Bertz CT molecular complexity index is 592. The monoisotopic (exact) mass is 261 g/mol. The van der Waals surface area contributed by atoms with Crippen LogP contribution in [0.3, 0.4) is 0 Å². The van der Waals surface area contributed by atoms with Crippen LogP contribution in [0.2, 0.25) is 0 Å². The molecular formula is C13H15N3O3. The van der Waals surface area contributed by atoms with Gasteiger partial charge in [-0.2, -0.15) is 0 Å². The van der Waals surface area contributed by atoms with Gasteiger partial charge in [0.15, 0.2) is 0 Å². The van der Waals surface area contributed by atoms with Crippen molar-refractivity contribution in [3.05, 3.63) is 42.4 Å². The van der Waals surface area contributed by atoms with Crippen LogP contribution in [-0.2, 0) is 9.57 Å². The first kappa shape index (κ1) is 13.1. The highest BCUT2D eigenvalue weighted by Gasteiger charge is 2.08. The van der Waals surface area contributed by atoms with Gasteiger partial charge in [0.05, 0.1) is 17.3 Å². The minimum absolute atomic E-state index is 0.253. The molecule has 0 spiro atoms. The largest absolute Gasteiger partial charge is 0.499 e. The number of carbonyl (C=O) groups is 1. The molecule has 0 atom stereocenters. The van der Waals surface area contributed by atoms with Gasteiger partial charge in [-0.05, 0) is 25.1 Å². The number of ether oxygens (including phenoxy) is 1. The van der Waals surface area contributed by atoms with E-state index in [0.717, 1.165) is 16.9 Å². The highest BCUT2D eigenvalue weighted by molar-refractivity contribution is 5.96. The van der Waals surface area contributed by atoms with Gasteiger partial charge in [-0.1, -0.05) is 6.58 Å². The Morgan fingerprint density at radius 1 is 1.53 bits per heavy atom. The van der Waals surface area contributed by atoms with Crippen LogP contribution in [-0.4, -0.2) is 29.1 Å². The first-order chi connectivity index (χ1) is 9.20. The number of carbonyl (C=O) groups excluding carboxylic acids is 1. The van der Waals surface area contributed by atoms with Crippen molar-refractivity contribution in [2.24, 2.45) is 0 Å². The van der Waals surface area contributed by atoms with E-state index in [1.54, 1.807) is 18.2 Å². The standard InChI is InChI=1S/C13H15N3O3/c1-3-18-6-7-19-16-13(17)10-4-5-11-12(8-10)15-9(2)14-11/h3-5,8H,1,6-7H2,2H3,(H,14,15)(H,16,17). The van der Waals surface area contributed by atoms with E-state index < -0.39 is 0 Å². The zero-order chi connectivity index (χ0) is 13.7. The highest BCUT2D eigenvalue weighted by atomic mass is 16.7. The first-order valence-corrected chi connectivity index (χ1v) is 5.81. The second kappa shape index (κ2) is 6.01. The van der Waals surface area contributed by atoms with Crippen molar-refractivity contribution < 1.29 is 14.4 Å². The number of aromatic amines is 1. The predicted octanol–water partition coefficient (Wildman–Crippen LogP) is 1.69. The zero-order valence-electron chi connectivity index (χ0n) is 10.6. The van der Waals surface area contributed by atoms with Gasteiger partial charge in [-0.25, -0.2) is 10.5 Å². The van der Waals surface area contributed by atoms with Gasteiger partial charge >= 0.3 is 0 Å². The number of aromatic nitrogens is 2. The van der Waals surface area contributed by atoms with Crippen LogP contribution in [0.15, 0.2) is 31.0 Å². The summed E-state index contributed by atoms with van der Waals surface area (Å²) < 4.78 is 4.86. The Labute approximate surface area is 110 Å². The van der Waals surface area contributed by atoms with E-state index >= 15 is 0 Å². The molecule has 0 unspecified atom stereocenters. The van der Waals surface area contributed by atoms with E-state index in [0.29, 0.717) is 12.2 Å². The van der Waals surface area contributed by atoms with E-state index in [9.17, 15) is 4.79 Å². The summed E-state index contributed by atoms with van der Waals surface area (Å²) >= 11 is 0. The van der Waals surface area contributed by atoms with Crippen LogP contribution in [0.25, 0.3) is 11.0 Å². The van der Waals surface area contributed by atoms with Crippen molar-refractivity contribution in [2.45, 2.75) is 6.92 Å². The van der Waals surface area contributed by atoms with Gasteiger partial charge < -0.3 is 9.72 Å². The number of amides is 1. The van der Waals surface area contributed by atoms with Crippen molar-refractivity contribution in [3.63, 3.8) is 0 Å². The lowest BCUT2D eigenvalue weighted by molar-refractivity contribution is 0.0145. The smallest absolute Gasteiger partial charge is 0.274 e. The summed E-state index contributed by atoms with van der Waals surface area (Å²) in [4.78, 5) is 24.1. The molecule has 6 nitrogen and oxygen atoms in total. The number of rotatable bonds is 6. The lowest BCUT2D eigenvalue weighted by atomic mass is 10.2. The average Bonchev–Trinajstić information content (AvgIpc) is 2.77. The van der Waals surface area contributed by atoms with Crippen LogP contribution in [0, 0.1) is 6.92 Å². The van der Waals surface area contributed by atoms with Crippen molar-refractivity contribution in [1.29, 1.82) is 0 Å². The fourth-order valence-corrected chi connectivity index (χ4v) is 1.63. The summed E-state index contributed by atoms with van der Waals surface area (Å²) in [7, 11) is 0. The average molecular weight is 261 g/mol. The number of benzene rings is 1. The van der Waals surface area contributed by atoms with Crippen LogP contribution in [0.4, 0.5) is 0 Å². The summed E-state index contributed by atoms with van der Waals surface area (Å²) in [5.41, 5.74) is 4.49. The molecule has 0 saturated carbocycles. The van der Waals surface area contributed by atoms with E-state index in [-0.39, 0.29) is 12.5 Å². The van der Waals surface area contributed by atoms with E-state index in [4.69, 9.17) is 9.57 Å². The third-order valence-corrected chi connectivity index (χ3v) is 2.45. The number of aryl methyl sites for hydroxylation is 1. The molecule has 1 aromatic heterocycles. The van der Waals surface area contributed by atoms with Crippen LogP contribution >= 0.6 is 0 Å². The molecular weight excluding hydrogens is 246 g/mol. The van der Waals surface area contributed by atoms with Gasteiger partial charge in [0, 0.05) is 5.56 Å². The zero-order valence-corrected chi connectivity index (χ0v) is 10.6. The summed E-state index contributed by atoms with van der Waals surface area (Å²) in [5.74, 6) is 0.498. The topological polar surface area (TPSA) is 76.2 Å². The molecule has 1 heterocycles. The second-order valence-electron chi connectivity index (χ2n) is 3.87. The SMILES string of the molecule is C=COCCONC(=O)c1ccc2nc(C)[nH]c2c1. The maximum absolute atomic E-state index is 11.8. The predicted molar refractivity (Wildman–Crippen MR) is 70.4 cm³/mol. The molecule has 19 heavy (non-hydrogen) atoms. The number of hydroxylamine groups is 1. The number of hydrogen-bond donors (Lipinski definition) is 2. The maximum atomic E-state index is 11.8. The lowest BCUT2D eigenvalue weighted by Gasteiger charge is -2.05. The van der Waals surface area contributed by atoms with E-state index in [1.807, 2.05) is 6.92 Å². The molecule has 2 N–H and O–H groups in total. The third kappa shape index (κ3) is 3.32. The van der Waals surface area contributed by atoms with Crippen LogP contribution < -0.4 is 5.48 Å². The number of H-pyrrole nitrogens is 1. The van der Waals surface area contributed by atoms with Crippen molar-refractivity contribution in [2.75, 3.05) is 13.2 Å². The molecule has 100 valence electrons. The van der Waals surface area contributed by atoms with Gasteiger partial charge in [-0.15, -0.1) is 0 Å². The molecule has 0 aliphatic carbocycles. The molecule has 1 amide bonds. The molecule has 0 aliphatic rings. The van der Waals surface area contributed by atoms with Crippen LogP contribution in [0.5, 0.6) is 0 Å². The highest BCUT2D eigenvalue weighted by Crippen LogP contribution is 2.13. The molecule has 2 aromatic rings. The number of fused-ring (bicyclic) bond motifs is 1. The first-order valence-electron chi connectivity index (χ1n) is 5.81. The maximum Gasteiger partial charge on any atom is 0.274 e. The second-order valence-corrected chi connectivity index (χ2v) is 3.87. The minimum Gasteiger partial charge on any atom is -0.499 e. The lowest BCUT2D eigenvalue weighted by Crippen LogP contribution is -2.25. The van der Waals surface area contributed by atoms with Gasteiger partial charge in [-0.3, -0.25) is 9.63 Å². The molecule has 0 fully saturated rings. The summed E-state index contributed by atoms with van der Waals surface area (Å²) in [5, 5.41) is 0. The summed E-state index contributed by atoms with van der Waals surface area (Å²) in [6.45, 7) is 5.85. The van der Waals surface area contributed by atoms with E-state index in [1.165, 1.54) is 6.26 Å². The van der Waals surface area contributed by atoms with Crippen molar-refractivity contribution >= 4 is 16.9 Å². The fraction of sp³-hybridized carbons (Fsp3) is 0.231. The van der Waals surface area contributed by atoms with E-state index in [2.05, 4.69) is 22.0 Å². The van der Waals surface area contributed by atoms with Crippen molar-refractivity contribution in [3.8, 4) is 0 Å². The number of nitrogens with zero attached hydrogens (tertiary/aromatic N) is 1. The Kier molecular flexibility index (Phi) is 4.15. The van der Waals surface area contributed by atoms with Gasteiger partial charge in [0.1, 0.15) is 19.0 Å². The Morgan fingerprint density at radius 2 is 2.37 bits per heavy atom. The Morgan fingerprint density at radius 3 is 3.16 bits per heavy atom. The number of nitrogens with one attached hydrogen (secondary N) is 2. The fourth-order valence-electron chi connectivity index (χ4n) is 1.63. The number of hydrogen-bond acceptors (Lipinski definition) is 4. The van der Waals surface area contributed by atoms with Gasteiger partial charge in [0.2, 0.25) is 0 Å². The molecule has 0 aliphatic heterocycles. The Hall–Kier alpha value is -2.34. The summed E-state index contributed by atoms with van der Waals surface area (Å²) in [6.07, 6.45) is 1.32. The van der Waals surface area contributed by atoms with Crippen LogP contribution in [0.1, 0.15) is 16.2 Å². The molecule has 1 aromatic carbocycles.